The van der Waals surface area contributed by atoms with Crippen molar-refractivity contribution in [2.24, 2.45) is 11.7 Å². The number of nitrogens with two attached hydrogens (primary N) is 1. The molecule has 1 aliphatic carbocycles. The highest BCUT2D eigenvalue weighted by Crippen LogP contribution is 2.27. The maximum Gasteiger partial charge on any atom is 0.223 e. The lowest BCUT2D eigenvalue weighted by Crippen LogP contribution is -2.33. The van der Waals surface area contributed by atoms with Crippen molar-refractivity contribution in [1.82, 2.24) is 5.32 Å². The summed E-state index contributed by atoms with van der Waals surface area (Å²) in [6.07, 6.45) is 1.60. The molecule has 22 heavy (non-hydrogen) atoms. The smallest absolute Gasteiger partial charge is 0.223 e. The molecule has 0 aromatic heterocycles. The van der Waals surface area contributed by atoms with Crippen LogP contribution in [0.15, 0.2) is 18.2 Å². The molecule has 0 saturated heterocycles. The van der Waals surface area contributed by atoms with Crippen LogP contribution in [0.3, 0.4) is 0 Å². The number of rotatable bonds is 6. The van der Waals surface area contributed by atoms with Crippen LogP contribution in [0.1, 0.15) is 30.9 Å². The van der Waals surface area contributed by atoms with Gasteiger partial charge in [0.25, 0.3) is 0 Å². The first-order valence-corrected chi connectivity index (χ1v) is 7.47. The number of aliphatic hydroxyl groups is 1. The summed E-state index contributed by atoms with van der Waals surface area (Å²) in [7, 11) is 3.10. The van der Waals surface area contributed by atoms with Crippen molar-refractivity contribution in [2.75, 3.05) is 20.8 Å². The number of ether oxygens (including phenoxy) is 2. The second-order valence-corrected chi connectivity index (χ2v) is 5.68. The molecule has 4 N–H and O–H groups in total. The summed E-state index contributed by atoms with van der Waals surface area (Å²) in [6, 6.07) is 5.30. The monoisotopic (exact) mass is 308 g/mol. The predicted octanol–water partition coefficient (Wildman–Crippen LogP) is 0.981. The molecule has 1 saturated carbocycles. The van der Waals surface area contributed by atoms with Crippen molar-refractivity contribution < 1.29 is 19.4 Å². The standard InChI is InChI=1S/C16H24N2O4/c1-21-13-6-11(7-14(8-13)22-2)15(19)9-18-16(20)10-3-4-12(17)5-10/h6-8,10,12,15,19H,3-5,9,17H2,1-2H3,(H,18,20). The van der Waals surface area contributed by atoms with Crippen LogP contribution in [-0.4, -0.2) is 37.8 Å². The van der Waals surface area contributed by atoms with Gasteiger partial charge >= 0.3 is 0 Å². The Hall–Kier alpha value is -1.79. The van der Waals surface area contributed by atoms with Gasteiger partial charge in [-0.2, -0.15) is 0 Å². The van der Waals surface area contributed by atoms with Gasteiger partial charge in [0.15, 0.2) is 0 Å². The minimum absolute atomic E-state index is 0.0398. The van der Waals surface area contributed by atoms with Gasteiger partial charge < -0.3 is 25.6 Å². The fraction of sp³-hybridized carbons (Fsp3) is 0.562. The molecule has 2 rings (SSSR count). The number of benzene rings is 1. The minimum atomic E-state index is -0.817. The highest BCUT2D eigenvalue weighted by molar-refractivity contribution is 5.79. The molecule has 3 unspecified atom stereocenters. The largest absolute Gasteiger partial charge is 0.497 e. The Balaban J connectivity index is 1.94. The fourth-order valence-electron chi connectivity index (χ4n) is 2.74. The second-order valence-electron chi connectivity index (χ2n) is 5.68. The molecule has 0 radical (unpaired) electrons. The van der Waals surface area contributed by atoms with E-state index in [1.54, 1.807) is 32.4 Å². The lowest BCUT2D eigenvalue weighted by Gasteiger charge is -2.16. The minimum Gasteiger partial charge on any atom is -0.497 e. The van der Waals surface area contributed by atoms with E-state index in [-0.39, 0.29) is 24.4 Å². The Morgan fingerprint density at radius 1 is 1.32 bits per heavy atom. The number of aliphatic hydroxyl groups excluding tert-OH is 1. The molecule has 122 valence electrons. The third kappa shape index (κ3) is 4.11. The normalized spacial score (nSPS) is 22.2. The summed E-state index contributed by atoms with van der Waals surface area (Å²) in [5.41, 5.74) is 6.46. The lowest BCUT2D eigenvalue weighted by molar-refractivity contribution is -0.125. The zero-order valence-corrected chi connectivity index (χ0v) is 13.0. The summed E-state index contributed by atoms with van der Waals surface area (Å²) in [6.45, 7) is 0.154. The molecule has 0 aliphatic heterocycles. The van der Waals surface area contributed by atoms with E-state index in [4.69, 9.17) is 15.2 Å². The fourth-order valence-corrected chi connectivity index (χ4v) is 2.74. The van der Waals surface area contributed by atoms with E-state index in [1.807, 2.05) is 0 Å². The Morgan fingerprint density at radius 2 is 1.95 bits per heavy atom. The number of hydrogen-bond acceptors (Lipinski definition) is 5. The van der Waals surface area contributed by atoms with Gasteiger partial charge in [-0.05, 0) is 37.0 Å². The number of hydrogen-bond donors (Lipinski definition) is 3. The quantitative estimate of drug-likeness (QED) is 0.728. The van der Waals surface area contributed by atoms with E-state index in [1.165, 1.54) is 0 Å². The maximum absolute atomic E-state index is 12.0. The highest BCUT2D eigenvalue weighted by atomic mass is 16.5. The first kappa shape index (κ1) is 16.6. The number of methoxy groups -OCH3 is 2. The average Bonchev–Trinajstić information content (AvgIpc) is 2.98. The van der Waals surface area contributed by atoms with Crippen molar-refractivity contribution in [1.29, 1.82) is 0 Å². The van der Waals surface area contributed by atoms with Gasteiger partial charge in [0.2, 0.25) is 5.91 Å². The van der Waals surface area contributed by atoms with Crippen LogP contribution < -0.4 is 20.5 Å². The van der Waals surface area contributed by atoms with Crippen molar-refractivity contribution in [3.8, 4) is 11.5 Å². The third-order valence-electron chi connectivity index (χ3n) is 4.07. The summed E-state index contributed by atoms with van der Waals surface area (Å²) in [4.78, 5) is 12.0. The molecular weight excluding hydrogens is 284 g/mol. The molecule has 3 atom stereocenters. The average molecular weight is 308 g/mol. The first-order valence-electron chi connectivity index (χ1n) is 7.47. The zero-order valence-electron chi connectivity index (χ0n) is 13.0. The van der Waals surface area contributed by atoms with E-state index >= 15 is 0 Å². The van der Waals surface area contributed by atoms with Gasteiger partial charge in [0.05, 0.1) is 20.3 Å². The van der Waals surface area contributed by atoms with Gasteiger partial charge in [-0.1, -0.05) is 0 Å². The summed E-state index contributed by atoms with van der Waals surface area (Å²) < 4.78 is 10.3. The van der Waals surface area contributed by atoms with Gasteiger partial charge in [-0.3, -0.25) is 4.79 Å². The van der Waals surface area contributed by atoms with E-state index in [0.29, 0.717) is 17.1 Å². The summed E-state index contributed by atoms with van der Waals surface area (Å²) >= 11 is 0. The molecule has 0 spiro atoms. The second kappa shape index (κ2) is 7.47. The van der Waals surface area contributed by atoms with Crippen LogP contribution in [0.5, 0.6) is 11.5 Å². The molecule has 6 heteroatoms. The molecule has 1 aromatic carbocycles. The number of nitrogens with one attached hydrogen (secondary N) is 1. The molecule has 6 nitrogen and oxygen atoms in total. The van der Waals surface area contributed by atoms with E-state index < -0.39 is 6.10 Å². The van der Waals surface area contributed by atoms with Gasteiger partial charge in [-0.15, -0.1) is 0 Å². The molecule has 1 aromatic rings. The van der Waals surface area contributed by atoms with Crippen molar-refractivity contribution >= 4 is 5.91 Å². The van der Waals surface area contributed by atoms with Crippen molar-refractivity contribution in [3.05, 3.63) is 23.8 Å². The van der Waals surface area contributed by atoms with Gasteiger partial charge in [-0.25, -0.2) is 0 Å². The van der Waals surface area contributed by atoms with E-state index in [2.05, 4.69) is 5.32 Å². The Bertz CT molecular complexity index is 499. The molecule has 1 aliphatic rings. The van der Waals surface area contributed by atoms with Crippen LogP contribution in [-0.2, 0) is 4.79 Å². The number of carbonyl (C=O) groups excluding carboxylic acids is 1. The van der Waals surface area contributed by atoms with Crippen LogP contribution in [0.25, 0.3) is 0 Å². The van der Waals surface area contributed by atoms with Crippen LogP contribution in [0.4, 0.5) is 0 Å². The molecule has 1 fully saturated rings. The van der Waals surface area contributed by atoms with Gasteiger partial charge in [0.1, 0.15) is 11.5 Å². The van der Waals surface area contributed by atoms with Crippen LogP contribution in [0, 0.1) is 5.92 Å². The first-order chi connectivity index (χ1) is 10.5. The third-order valence-corrected chi connectivity index (χ3v) is 4.07. The topological polar surface area (TPSA) is 93.8 Å². The molecular formula is C16H24N2O4. The Kier molecular flexibility index (Phi) is 5.63. The Labute approximate surface area is 130 Å². The zero-order chi connectivity index (χ0) is 16.1. The van der Waals surface area contributed by atoms with Gasteiger partial charge in [0, 0.05) is 24.6 Å². The lowest BCUT2D eigenvalue weighted by atomic mass is 10.1. The molecule has 0 heterocycles. The summed E-state index contributed by atoms with van der Waals surface area (Å²) in [5.74, 6) is 1.12. The van der Waals surface area contributed by atoms with Crippen LogP contribution >= 0.6 is 0 Å². The predicted molar refractivity (Wildman–Crippen MR) is 82.8 cm³/mol. The maximum atomic E-state index is 12.0. The highest BCUT2D eigenvalue weighted by Gasteiger charge is 2.27. The van der Waals surface area contributed by atoms with Crippen LogP contribution in [0.2, 0.25) is 0 Å². The number of carbonyl (C=O) groups is 1. The van der Waals surface area contributed by atoms with E-state index in [9.17, 15) is 9.90 Å². The van der Waals surface area contributed by atoms with E-state index in [0.717, 1.165) is 19.3 Å². The van der Waals surface area contributed by atoms with Crippen molar-refractivity contribution in [3.63, 3.8) is 0 Å². The number of amides is 1. The summed E-state index contributed by atoms with van der Waals surface area (Å²) in [5, 5.41) is 13.0. The Morgan fingerprint density at radius 3 is 2.45 bits per heavy atom. The van der Waals surface area contributed by atoms with Crippen molar-refractivity contribution in [2.45, 2.75) is 31.4 Å². The molecule has 1 amide bonds. The SMILES string of the molecule is COc1cc(OC)cc(C(O)CNC(=O)C2CCC(N)C2)c1. The molecule has 0 bridgehead atoms.